The molecule has 0 aliphatic carbocycles. The molecule has 0 saturated carbocycles. The average Bonchev–Trinajstić information content (AvgIpc) is 2.63. The minimum atomic E-state index is -0.312. The molecular formula is C21H29FN4O. The van der Waals surface area contributed by atoms with Crippen molar-refractivity contribution in [2.24, 2.45) is 0 Å². The highest BCUT2D eigenvalue weighted by atomic mass is 19.1. The summed E-state index contributed by atoms with van der Waals surface area (Å²) in [7, 11) is 0. The van der Waals surface area contributed by atoms with E-state index in [2.05, 4.69) is 21.7 Å². The van der Waals surface area contributed by atoms with Crippen LogP contribution < -0.4 is 4.90 Å². The second-order valence-corrected chi connectivity index (χ2v) is 7.32. The normalized spacial score (nSPS) is 16.6. The zero-order valence-corrected chi connectivity index (χ0v) is 16.5. The van der Waals surface area contributed by atoms with E-state index >= 15 is 0 Å². The molecule has 1 aliphatic rings. The second-order valence-electron chi connectivity index (χ2n) is 7.32. The van der Waals surface area contributed by atoms with Gasteiger partial charge >= 0.3 is 0 Å². The van der Waals surface area contributed by atoms with Crippen LogP contribution in [0.15, 0.2) is 24.3 Å². The van der Waals surface area contributed by atoms with Crippen LogP contribution in [0.25, 0.3) is 0 Å². The van der Waals surface area contributed by atoms with Gasteiger partial charge in [-0.05, 0) is 38.0 Å². The summed E-state index contributed by atoms with van der Waals surface area (Å²) < 4.78 is 13.7. The molecule has 1 aliphatic heterocycles. The van der Waals surface area contributed by atoms with E-state index in [1.54, 1.807) is 12.1 Å². The molecule has 0 bridgehead atoms. The van der Waals surface area contributed by atoms with Gasteiger partial charge in [0.2, 0.25) is 0 Å². The Morgan fingerprint density at radius 3 is 2.56 bits per heavy atom. The van der Waals surface area contributed by atoms with Crippen LogP contribution in [0.1, 0.15) is 36.5 Å². The number of rotatable bonds is 6. The summed E-state index contributed by atoms with van der Waals surface area (Å²) in [6, 6.07) is 6.76. The van der Waals surface area contributed by atoms with E-state index in [1.165, 1.54) is 6.07 Å². The quantitative estimate of drug-likeness (QED) is 0.845. The zero-order chi connectivity index (χ0) is 19.4. The van der Waals surface area contributed by atoms with Crippen molar-refractivity contribution in [2.45, 2.75) is 39.7 Å². The second kappa shape index (κ2) is 8.76. The fourth-order valence-electron chi connectivity index (χ4n) is 3.74. The lowest BCUT2D eigenvalue weighted by atomic mass is 10.0. The minimum Gasteiger partial charge on any atom is -0.392 e. The van der Waals surface area contributed by atoms with Crippen molar-refractivity contribution in [3.8, 4) is 0 Å². The van der Waals surface area contributed by atoms with E-state index in [0.717, 1.165) is 61.1 Å². The number of anilines is 1. The van der Waals surface area contributed by atoms with Gasteiger partial charge in [-0.1, -0.05) is 19.1 Å². The molecular weight excluding hydrogens is 343 g/mol. The van der Waals surface area contributed by atoms with Gasteiger partial charge in [0.15, 0.2) is 0 Å². The Balaban J connectivity index is 1.87. The van der Waals surface area contributed by atoms with Crippen LogP contribution in [0.2, 0.25) is 0 Å². The number of aliphatic hydroxyl groups excluding tert-OH is 1. The molecule has 27 heavy (non-hydrogen) atoms. The number of aliphatic hydroxyl groups is 1. The van der Waals surface area contributed by atoms with Crippen LogP contribution in [0, 0.1) is 12.7 Å². The molecule has 0 amide bonds. The Labute approximate surface area is 160 Å². The SMILES string of the molecule is CCc1nc(C)nc(N2CCN(C[C@H](C)O)CC2)c1Cc1cccc(F)c1. The third-order valence-electron chi connectivity index (χ3n) is 4.98. The molecule has 1 aromatic carbocycles. The third kappa shape index (κ3) is 5.02. The number of halogens is 1. The fourth-order valence-corrected chi connectivity index (χ4v) is 3.74. The van der Waals surface area contributed by atoms with Gasteiger partial charge < -0.3 is 10.0 Å². The monoisotopic (exact) mass is 372 g/mol. The summed E-state index contributed by atoms with van der Waals surface area (Å²) >= 11 is 0. The summed E-state index contributed by atoms with van der Waals surface area (Å²) in [5.41, 5.74) is 3.07. The molecule has 1 saturated heterocycles. The van der Waals surface area contributed by atoms with Crippen LogP contribution in [0.3, 0.4) is 0 Å². The van der Waals surface area contributed by atoms with Crippen molar-refractivity contribution in [1.29, 1.82) is 0 Å². The molecule has 5 nitrogen and oxygen atoms in total. The van der Waals surface area contributed by atoms with Crippen LogP contribution >= 0.6 is 0 Å². The molecule has 6 heteroatoms. The van der Waals surface area contributed by atoms with E-state index in [0.29, 0.717) is 13.0 Å². The minimum absolute atomic E-state index is 0.216. The number of hydrogen-bond acceptors (Lipinski definition) is 5. The van der Waals surface area contributed by atoms with Crippen LogP contribution in [-0.2, 0) is 12.8 Å². The Hall–Kier alpha value is -2.05. The third-order valence-corrected chi connectivity index (χ3v) is 4.98. The maximum absolute atomic E-state index is 13.7. The first-order chi connectivity index (χ1) is 13.0. The molecule has 0 spiro atoms. The van der Waals surface area contributed by atoms with Gasteiger partial charge in [-0.15, -0.1) is 0 Å². The topological polar surface area (TPSA) is 52.5 Å². The number of benzene rings is 1. The number of nitrogens with zero attached hydrogens (tertiary/aromatic N) is 4. The molecule has 146 valence electrons. The fraction of sp³-hybridized carbons (Fsp3) is 0.524. The summed E-state index contributed by atoms with van der Waals surface area (Å²) in [5, 5.41) is 9.62. The number of piperazine rings is 1. The summed E-state index contributed by atoms with van der Waals surface area (Å²) in [5.74, 6) is 1.53. The van der Waals surface area contributed by atoms with Gasteiger partial charge in [0.25, 0.3) is 0 Å². The lowest BCUT2D eigenvalue weighted by molar-refractivity contribution is 0.122. The predicted molar refractivity (Wildman–Crippen MR) is 106 cm³/mol. The molecule has 1 aromatic heterocycles. The lowest BCUT2D eigenvalue weighted by Crippen LogP contribution is -2.49. The zero-order valence-electron chi connectivity index (χ0n) is 16.5. The molecule has 0 unspecified atom stereocenters. The summed E-state index contributed by atoms with van der Waals surface area (Å²) in [6.45, 7) is 10.1. The summed E-state index contributed by atoms with van der Waals surface area (Å²) in [4.78, 5) is 14.0. The van der Waals surface area contributed by atoms with Gasteiger partial charge in [0.05, 0.1) is 6.10 Å². The Morgan fingerprint density at radius 2 is 1.93 bits per heavy atom. The van der Waals surface area contributed by atoms with Gasteiger partial charge in [0, 0.05) is 50.4 Å². The molecule has 2 heterocycles. The standard InChI is InChI=1S/C21H29FN4O/c1-4-20-19(13-17-6-5-7-18(22)12-17)21(24-16(3)23-20)26-10-8-25(9-11-26)14-15(2)27/h5-7,12,15,27H,4,8-11,13-14H2,1-3H3/t15-/m0/s1. The predicted octanol–water partition coefficient (Wildman–Crippen LogP) is 2.58. The van der Waals surface area contributed by atoms with Crippen LogP contribution in [0.5, 0.6) is 0 Å². The van der Waals surface area contributed by atoms with Crippen molar-refractivity contribution >= 4 is 5.82 Å². The highest BCUT2D eigenvalue weighted by molar-refractivity contribution is 5.52. The van der Waals surface area contributed by atoms with Gasteiger partial charge in [-0.2, -0.15) is 0 Å². The van der Waals surface area contributed by atoms with E-state index < -0.39 is 0 Å². The van der Waals surface area contributed by atoms with E-state index in [-0.39, 0.29) is 11.9 Å². The van der Waals surface area contributed by atoms with Crippen molar-refractivity contribution in [1.82, 2.24) is 14.9 Å². The molecule has 3 rings (SSSR count). The molecule has 0 radical (unpaired) electrons. The van der Waals surface area contributed by atoms with Crippen molar-refractivity contribution in [3.63, 3.8) is 0 Å². The van der Waals surface area contributed by atoms with E-state index in [1.807, 2.05) is 19.9 Å². The van der Waals surface area contributed by atoms with Crippen molar-refractivity contribution in [2.75, 3.05) is 37.6 Å². The Kier molecular flexibility index (Phi) is 6.39. The molecule has 1 N–H and O–H groups in total. The molecule has 1 fully saturated rings. The van der Waals surface area contributed by atoms with Crippen molar-refractivity contribution in [3.05, 3.63) is 52.7 Å². The van der Waals surface area contributed by atoms with Crippen molar-refractivity contribution < 1.29 is 9.50 Å². The smallest absolute Gasteiger partial charge is 0.136 e. The highest BCUT2D eigenvalue weighted by Gasteiger charge is 2.23. The first kappa shape index (κ1) is 19.7. The maximum Gasteiger partial charge on any atom is 0.136 e. The lowest BCUT2D eigenvalue weighted by Gasteiger charge is -2.37. The van der Waals surface area contributed by atoms with E-state index in [9.17, 15) is 9.50 Å². The Morgan fingerprint density at radius 1 is 1.19 bits per heavy atom. The van der Waals surface area contributed by atoms with Gasteiger partial charge in [-0.3, -0.25) is 4.90 Å². The van der Waals surface area contributed by atoms with Gasteiger partial charge in [-0.25, -0.2) is 14.4 Å². The first-order valence-corrected chi connectivity index (χ1v) is 9.72. The Bertz CT molecular complexity index is 773. The number of aromatic nitrogens is 2. The van der Waals surface area contributed by atoms with E-state index in [4.69, 9.17) is 4.98 Å². The average molecular weight is 372 g/mol. The maximum atomic E-state index is 13.7. The van der Waals surface area contributed by atoms with Crippen LogP contribution in [-0.4, -0.2) is 58.8 Å². The molecule has 1 atom stereocenters. The van der Waals surface area contributed by atoms with Crippen LogP contribution in [0.4, 0.5) is 10.2 Å². The van der Waals surface area contributed by atoms with Gasteiger partial charge in [0.1, 0.15) is 17.5 Å². The number of aryl methyl sites for hydroxylation is 2. The number of β-amino-alcohol motifs (C(OH)–C–C–N with tert-alkyl or cyclic N) is 1. The molecule has 2 aromatic rings. The number of hydrogen-bond donors (Lipinski definition) is 1. The highest BCUT2D eigenvalue weighted by Crippen LogP contribution is 2.26. The largest absolute Gasteiger partial charge is 0.392 e. The summed E-state index contributed by atoms with van der Waals surface area (Å²) in [6.07, 6.45) is 1.14. The first-order valence-electron chi connectivity index (χ1n) is 9.72.